The Morgan fingerprint density at radius 3 is 2.76 bits per heavy atom. The van der Waals surface area contributed by atoms with E-state index in [-0.39, 0.29) is 0 Å². The van der Waals surface area contributed by atoms with Gasteiger partial charge in [-0.1, -0.05) is 18.2 Å². The van der Waals surface area contributed by atoms with Crippen molar-refractivity contribution >= 4 is 16.9 Å². The van der Waals surface area contributed by atoms with Gasteiger partial charge in [0.2, 0.25) is 0 Å². The molecule has 0 atom stereocenters. The molecule has 0 aliphatic carbocycles. The van der Waals surface area contributed by atoms with E-state index < -0.39 is 11.4 Å². The highest BCUT2D eigenvalue weighted by Gasteiger charge is 2.25. The molecule has 112 valence electrons. The molecule has 21 heavy (non-hydrogen) atoms. The maximum absolute atomic E-state index is 11.0. The molecule has 2 rings (SSSR count). The maximum Gasteiger partial charge on any atom is 0.309 e. The van der Waals surface area contributed by atoms with E-state index >= 15 is 0 Å². The van der Waals surface area contributed by atoms with Gasteiger partial charge in [-0.15, -0.1) is 0 Å². The van der Waals surface area contributed by atoms with E-state index in [4.69, 9.17) is 9.84 Å². The fraction of sp³-hybridized carbons (Fsp3) is 0.412. The molecule has 4 nitrogen and oxygen atoms in total. The third kappa shape index (κ3) is 3.94. The average Bonchev–Trinajstić information content (AvgIpc) is 2.47. The smallest absolute Gasteiger partial charge is 0.309 e. The van der Waals surface area contributed by atoms with Crippen LogP contribution >= 0.6 is 0 Å². The van der Waals surface area contributed by atoms with Gasteiger partial charge in [-0.05, 0) is 45.2 Å². The Labute approximate surface area is 124 Å². The van der Waals surface area contributed by atoms with Gasteiger partial charge in [-0.2, -0.15) is 0 Å². The number of pyridine rings is 1. The molecule has 0 spiro atoms. The van der Waals surface area contributed by atoms with Gasteiger partial charge >= 0.3 is 5.97 Å². The lowest BCUT2D eigenvalue weighted by atomic mass is 9.87. The van der Waals surface area contributed by atoms with Crippen molar-refractivity contribution in [2.45, 2.75) is 33.1 Å². The second kappa shape index (κ2) is 6.57. The summed E-state index contributed by atoms with van der Waals surface area (Å²) in [6.07, 6.45) is 4.07. The minimum Gasteiger partial charge on any atom is -0.491 e. The highest BCUT2D eigenvalue weighted by Crippen LogP contribution is 2.25. The number of carbonyl (C=O) groups is 1. The molecule has 0 amide bonds. The number of fused-ring (bicyclic) bond motifs is 1. The monoisotopic (exact) mass is 287 g/mol. The second-order valence-corrected chi connectivity index (χ2v) is 5.83. The van der Waals surface area contributed by atoms with Crippen LogP contribution in [0.15, 0.2) is 36.5 Å². The molecular weight excluding hydrogens is 266 g/mol. The molecule has 4 heteroatoms. The predicted octanol–water partition coefficient (Wildman–Crippen LogP) is 3.89. The number of ether oxygens (including phenoxy) is 1. The van der Waals surface area contributed by atoms with Gasteiger partial charge in [0.1, 0.15) is 11.3 Å². The van der Waals surface area contributed by atoms with Crippen LogP contribution in [0.5, 0.6) is 5.75 Å². The summed E-state index contributed by atoms with van der Waals surface area (Å²) in [6, 6.07) is 9.78. The third-order valence-corrected chi connectivity index (χ3v) is 3.63. The number of rotatable bonds is 7. The normalized spacial score (nSPS) is 11.5. The van der Waals surface area contributed by atoms with Gasteiger partial charge in [0, 0.05) is 11.6 Å². The number of carboxylic acids is 1. The minimum atomic E-state index is -0.748. The van der Waals surface area contributed by atoms with Gasteiger partial charge < -0.3 is 9.84 Å². The largest absolute Gasteiger partial charge is 0.491 e. The molecule has 2 aromatic rings. The summed E-state index contributed by atoms with van der Waals surface area (Å²) in [5.41, 5.74) is 0.201. The summed E-state index contributed by atoms with van der Waals surface area (Å²) >= 11 is 0. The number of carboxylic acid groups (broad SMARTS) is 1. The Morgan fingerprint density at radius 1 is 1.24 bits per heavy atom. The molecule has 0 fully saturated rings. The zero-order valence-electron chi connectivity index (χ0n) is 12.5. The highest BCUT2D eigenvalue weighted by molar-refractivity contribution is 5.84. The predicted molar refractivity (Wildman–Crippen MR) is 82.5 cm³/mol. The number of hydrogen-bond donors (Lipinski definition) is 1. The molecule has 1 heterocycles. The van der Waals surface area contributed by atoms with Gasteiger partial charge in [0.15, 0.2) is 0 Å². The van der Waals surface area contributed by atoms with Crippen LogP contribution < -0.4 is 4.74 Å². The lowest BCUT2D eigenvalue weighted by molar-refractivity contribution is -0.147. The Hall–Kier alpha value is -2.10. The molecule has 1 aromatic carbocycles. The first-order chi connectivity index (χ1) is 10.0. The van der Waals surface area contributed by atoms with Crippen molar-refractivity contribution in [2.24, 2.45) is 5.41 Å². The summed E-state index contributed by atoms with van der Waals surface area (Å²) in [4.78, 5) is 15.4. The number of aliphatic carboxylic acids is 1. The zero-order valence-corrected chi connectivity index (χ0v) is 12.5. The molecule has 0 unspecified atom stereocenters. The van der Waals surface area contributed by atoms with Crippen LogP contribution in [0.25, 0.3) is 10.9 Å². The van der Waals surface area contributed by atoms with E-state index in [0.29, 0.717) is 13.0 Å². The average molecular weight is 287 g/mol. The van der Waals surface area contributed by atoms with Gasteiger partial charge in [-0.3, -0.25) is 9.78 Å². The first-order valence-electron chi connectivity index (χ1n) is 7.21. The van der Waals surface area contributed by atoms with E-state index in [1.165, 1.54) is 0 Å². The Balaban J connectivity index is 1.85. The Morgan fingerprint density at radius 2 is 2.00 bits per heavy atom. The van der Waals surface area contributed by atoms with Crippen LogP contribution in [-0.4, -0.2) is 22.7 Å². The van der Waals surface area contributed by atoms with Crippen LogP contribution in [0.1, 0.15) is 33.1 Å². The van der Waals surface area contributed by atoms with E-state index in [1.807, 2.05) is 30.3 Å². The number of para-hydroxylation sites is 1. The Kier molecular flexibility index (Phi) is 4.78. The van der Waals surface area contributed by atoms with Crippen LogP contribution in [0.4, 0.5) is 0 Å². The maximum atomic E-state index is 11.0. The summed E-state index contributed by atoms with van der Waals surface area (Å²) in [5.74, 6) is 0.0345. The third-order valence-electron chi connectivity index (χ3n) is 3.63. The molecule has 0 radical (unpaired) electrons. The van der Waals surface area contributed by atoms with Crippen LogP contribution in [0.3, 0.4) is 0 Å². The standard InChI is InChI=1S/C17H21NO3/c1-17(2,16(19)20)10-3-4-12-21-14-9-5-7-13-8-6-11-18-15(13)14/h5-9,11H,3-4,10,12H2,1-2H3,(H,19,20). The number of unbranched alkanes of at least 4 members (excludes halogenated alkanes) is 1. The molecule has 0 saturated heterocycles. The van der Waals surface area contributed by atoms with Crippen molar-refractivity contribution in [3.8, 4) is 5.75 Å². The fourth-order valence-electron chi connectivity index (χ4n) is 2.15. The van der Waals surface area contributed by atoms with Gasteiger partial charge in [0.05, 0.1) is 12.0 Å². The van der Waals surface area contributed by atoms with Gasteiger partial charge in [-0.25, -0.2) is 0 Å². The molecule has 0 aliphatic rings. The quantitative estimate of drug-likeness (QED) is 0.785. The number of hydrogen-bond acceptors (Lipinski definition) is 3. The van der Waals surface area contributed by atoms with E-state index in [1.54, 1.807) is 20.0 Å². The fourth-order valence-corrected chi connectivity index (χ4v) is 2.15. The minimum absolute atomic E-state index is 0.575. The van der Waals surface area contributed by atoms with Crippen LogP contribution in [-0.2, 0) is 4.79 Å². The van der Waals surface area contributed by atoms with Gasteiger partial charge in [0.25, 0.3) is 0 Å². The van der Waals surface area contributed by atoms with Crippen molar-refractivity contribution in [1.29, 1.82) is 0 Å². The van der Waals surface area contributed by atoms with E-state index in [0.717, 1.165) is 29.5 Å². The topological polar surface area (TPSA) is 59.4 Å². The molecule has 0 bridgehead atoms. The van der Waals surface area contributed by atoms with E-state index in [2.05, 4.69) is 4.98 Å². The number of aromatic nitrogens is 1. The van der Waals surface area contributed by atoms with Crippen molar-refractivity contribution in [1.82, 2.24) is 4.98 Å². The summed E-state index contributed by atoms with van der Waals surface area (Å²) in [6.45, 7) is 4.08. The molecule has 1 N–H and O–H groups in total. The number of nitrogens with zero attached hydrogens (tertiary/aromatic N) is 1. The van der Waals surface area contributed by atoms with Crippen LogP contribution in [0, 0.1) is 5.41 Å². The highest BCUT2D eigenvalue weighted by atomic mass is 16.5. The second-order valence-electron chi connectivity index (χ2n) is 5.83. The molecule has 1 aromatic heterocycles. The first kappa shape index (κ1) is 15.3. The summed E-state index contributed by atoms with van der Waals surface area (Å²) in [7, 11) is 0. The van der Waals surface area contributed by atoms with Crippen LogP contribution in [0.2, 0.25) is 0 Å². The van der Waals surface area contributed by atoms with Crippen molar-refractivity contribution in [3.63, 3.8) is 0 Å². The lowest BCUT2D eigenvalue weighted by Gasteiger charge is -2.18. The molecular formula is C17H21NO3. The zero-order chi connectivity index (χ0) is 15.3. The Bertz CT molecular complexity index is 617. The van der Waals surface area contributed by atoms with E-state index in [9.17, 15) is 4.79 Å². The van der Waals surface area contributed by atoms with Crippen molar-refractivity contribution < 1.29 is 14.6 Å². The summed E-state index contributed by atoms with van der Waals surface area (Å²) < 4.78 is 5.78. The lowest BCUT2D eigenvalue weighted by Crippen LogP contribution is -2.23. The molecule has 0 aliphatic heterocycles. The van der Waals surface area contributed by atoms with Crippen molar-refractivity contribution in [2.75, 3.05) is 6.61 Å². The summed E-state index contributed by atoms with van der Waals surface area (Å²) in [5, 5.41) is 10.1. The molecule has 0 saturated carbocycles. The van der Waals surface area contributed by atoms with Crippen molar-refractivity contribution in [3.05, 3.63) is 36.5 Å². The number of benzene rings is 1. The SMILES string of the molecule is CC(C)(CCCCOc1cccc2cccnc12)C(=O)O. The first-order valence-corrected chi connectivity index (χ1v) is 7.21.